The minimum atomic E-state index is -0.315. The third-order valence-corrected chi connectivity index (χ3v) is 6.15. The monoisotopic (exact) mass is 404 g/mol. The van der Waals surface area contributed by atoms with Gasteiger partial charge < -0.3 is 8.98 Å². The number of nitrogens with zero attached hydrogens (tertiary/aromatic N) is 2. The number of benzene rings is 2. The maximum Gasteiger partial charge on any atom is 0.336 e. The lowest BCUT2D eigenvalue weighted by molar-refractivity contribution is 0.559. The zero-order valence-corrected chi connectivity index (χ0v) is 17.8. The second-order valence-electron chi connectivity index (χ2n) is 7.52. The number of aryl methyl sites for hydroxylation is 1. The molecular weight excluding hydrogens is 380 g/mol. The van der Waals surface area contributed by atoms with Crippen LogP contribution in [0.1, 0.15) is 36.5 Å². The zero-order valence-electron chi connectivity index (χ0n) is 16.9. The molecular formula is C24H24N2O2S. The highest BCUT2D eigenvalue weighted by molar-refractivity contribution is 7.98. The van der Waals surface area contributed by atoms with Crippen LogP contribution in [0, 0.1) is 6.92 Å². The summed E-state index contributed by atoms with van der Waals surface area (Å²) >= 11 is 1.63. The molecule has 4 rings (SSSR count). The van der Waals surface area contributed by atoms with Gasteiger partial charge in [-0.3, -0.25) is 0 Å². The molecule has 0 spiro atoms. The molecule has 0 radical (unpaired) electrons. The zero-order chi connectivity index (χ0) is 20.5. The standard InChI is InChI=1S/C24H24N2O2S/c1-5-10-26-21-9-7-6-8-20(21)25-24(26)29-14-17-12-23(27)28-22-11-16(4)18(15(2)3)13-19(17)22/h5-9,11-13,15H,1,10,14H2,2-4H3. The summed E-state index contributed by atoms with van der Waals surface area (Å²) in [6.07, 6.45) is 1.88. The fraction of sp³-hybridized carbons (Fsp3) is 0.250. The van der Waals surface area contributed by atoms with Crippen molar-refractivity contribution >= 4 is 33.8 Å². The fourth-order valence-electron chi connectivity index (χ4n) is 3.74. The Morgan fingerprint density at radius 1 is 1.24 bits per heavy atom. The summed E-state index contributed by atoms with van der Waals surface area (Å²) in [5.41, 5.74) is 5.78. The normalized spacial score (nSPS) is 11.6. The Morgan fingerprint density at radius 2 is 2.03 bits per heavy atom. The van der Waals surface area contributed by atoms with Gasteiger partial charge in [-0.1, -0.05) is 43.8 Å². The molecule has 148 valence electrons. The van der Waals surface area contributed by atoms with Crippen LogP contribution in [0.5, 0.6) is 0 Å². The number of hydrogen-bond acceptors (Lipinski definition) is 4. The number of hydrogen-bond donors (Lipinski definition) is 0. The highest BCUT2D eigenvalue weighted by Crippen LogP contribution is 2.31. The van der Waals surface area contributed by atoms with Crippen LogP contribution >= 0.6 is 11.8 Å². The summed E-state index contributed by atoms with van der Waals surface area (Å²) in [6, 6.07) is 13.9. The number of imidazole rings is 1. The molecule has 4 aromatic rings. The number of aromatic nitrogens is 2. The van der Waals surface area contributed by atoms with Crippen molar-refractivity contribution in [3.63, 3.8) is 0 Å². The highest BCUT2D eigenvalue weighted by Gasteiger charge is 2.14. The van der Waals surface area contributed by atoms with E-state index in [1.165, 1.54) is 5.56 Å². The second kappa shape index (κ2) is 7.91. The molecule has 0 fully saturated rings. The first-order valence-corrected chi connectivity index (χ1v) is 10.7. The van der Waals surface area contributed by atoms with Crippen LogP contribution in [-0.2, 0) is 12.3 Å². The lowest BCUT2D eigenvalue weighted by Crippen LogP contribution is -2.03. The third kappa shape index (κ3) is 3.75. The molecule has 0 N–H and O–H groups in total. The topological polar surface area (TPSA) is 48.0 Å². The second-order valence-corrected chi connectivity index (χ2v) is 8.46. The van der Waals surface area contributed by atoms with Crippen LogP contribution in [-0.4, -0.2) is 9.55 Å². The van der Waals surface area contributed by atoms with Crippen LogP contribution in [0.15, 0.2) is 69.5 Å². The lowest BCUT2D eigenvalue weighted by Gasteiger charge is -2.13. The molecule has 0 saturated carbocycles. The SMILES string of the molecule is C=CCn1c(SCc2cc(=O)oc3cc(C)c(C(C)C)cc23)nc2ccccc21. The Hall–Kier alpha value is -2.79. The number of thioether (sulfide) groups is 1. The predicted octanol–water partition coefficient (Wildman–Crippen LogP) is 6.05. The van der Waals surface area contributed by atoms with Crippen LogP contribution in [0.2, 0.25) is 0 Å². The highest BCUT2D eigenvalue weighted by atomic mass is 32.2. The van der Waals surface area contributed by atoms with E-state index in [1.54, 1.807) is 17.8 Å². The fourth-order valence-corrected chi connectivity index (χ4v) is 4.76. The maximum atomic E-state index is 12.1. The average molecular weight is 405 g/mol. The van der Waals surface area contributed by atoms with E-state index < -0.39 is 0 Å². The quantitative estimate of drug-likeness (QED) is 0.223. The summed E-state index contributed by atoms with van der Waals surface area (Å²) in [5.74, 6) is 1.05. The van der Waals surface area contributed by atoms with E-state index in [1.807, 2.05) is 30.3 Å². The van der Waals surface area contributed by atoms with Gasteiger partial charge in [0.25, 0.3) is 0 Å². The van der Waals surface area contributed by atoms with Gasteiger partial charge in [-0.25, -0.2) is 9.78 Å². The summed E-state index contributed by atoms with van der Waals surface area (Å²) in [5, 5.41) is 1.92. The minimum absolute atomic E-state index is 0.315. The molecule has 2 aromatic carbocycles. The van der Waals surface area contributed by atoms with E-state index in [9.17, 15) is 4.79 Å². The van der Waals surface area contributed by atoms with Crippen LogP contribution in [0.3, 0.4) is 0 Å². The van der Waals surface area contributed by atoms with E-state index in [0.717, 1.165) is 32.7 Å². The van der Waals surface area contributed by atoms with Gasteiger partial charge in [-0.15, -0.1) is 6.58 Å². The van der Waals surface area contributed by atoms with Crippen molar-refractivity contribution in [2.75, 3.05) is 0 Å². The Labute approximate surface area is 174 Å². The van der Waals surface area contributed by atoms with E-state index in [2.05, 4.69) is 44.0 Å². The van der Waals surface area contributed by atoms with Crippen molar-refractivity contribution in [3.05, 3.63) is 82.2 Å². The molecule has 0 aliphatic rings. The average Bonchev–Trinajstić information content (AvgIpc) is 3.03. The summed E-state index contributed by atoms with van der Waals surface area (Å²) in [6.45, 7) is 11.0. The predicted molar refractivity (Wildman–Crippen MR) is 121 cm³/mol. The number of fused-ring (bicyclic) bond motifs is 2. The van der Waals surface area contributed by atoms with E-state index in [0.29, 0.717) is 23.8 Å². The van der Waals surface area contributed by atoms with Gasteiger partial charge in [0.05, 0.1) is 11.0 Å². The lowest BCUT2D eigenvalue weighted by atomic mass is 9.95. The first-order valence-electron chi connectivity index (χ1n) is 9.74. The molecule has 0 aliphatic carbocycles. The minimum Gasteiger partial charge on any atom is -0.423 e. The van der Waals surface area contributed by atoms with Crippen molar-refractivity contribution < 1.29 is 4.42 Å². The Morgan fingerprint density at radius 3 is 2.79 bits per heavy atom. The van der Waals surface area contributed by atoms with Crippen molar-refractivity contribution in [1.29, 1.82) is 0 Å². The van der Waals surface area contributed by atoms with Crippen molar-refractivity contribution in [2.45, 2.75) is 44.1 Å². The van der Waals surface area contributed by atoms with Gasteiger partial charge in [0.1, 0.15) is 5.58 Å². The Bertz CT molecular complexity index is 1270. The van der Waals surface area contributed by atoms with Gasteiger partial charge in [-0.2, -0.15) is 0 Å². The largest absolute Gasteiger partial charge is 0.423 e. The van der Waals surface area contributed by atoms with Crippen molar-refractivity contribution in [1.82, 2.24) is 9.55 Å². The van der Waals surface area contributed by atoms with Crippen LogP contribution in [0.25, 0.3) is 22.0 Å². The van der Waals surface area contributed by atoms with Crippen molar-refractivity contribution in [3.8, 4) is 0 Å². The van der Waals surface area contributed by atoms with Gasteiger partial charge in [0.2, 0.25) is 0 Å². The summed E-state index contributed by atoms with van der Waals surface area (Å²) in [4.78, 5) is 16.9. The maximum absolute atomic E-state index is 12.1. The smallest absolute Gasteiger partial charge is 0.336 e. The van der Waals surface area contributed by atoms with Crippen LogP contribution in [0.4, 0.5) is 0 Å². The van der Waals surface area contributed by atoms with Gasteiger partial charge in [0.15, 0.2) is 5.16 Å². The number of allylic oxidation sites excluding steroid dienone is 1. The molecule has 0 amide bonds. The third-order valence-electron chi connectivity index (χ3n) is 5.13. The number of para-hydroxylation sites is 2. The number of rotatable bonds is 6. The first kappa shape index (κ1) is 19.5. The van der Waals surface area contributed by atoms with Crippen LogP contribution < -0.4 is 5.63 Å². The molecule has 29 heavy (non-hydrogen) atoms. The molecule has 0 saturated heterocycles. The van der Waals surface area contributed by atoms with Gasteiger partial charge >= 0.3 is 5.63 Å². The van der Waals surface area contributed by atoms with Gasteiger partial charge in [0, 0.05) is 23.8 Å². The van der Waals surface area contributed by atoms with E-state index >= 15 is 0 Å². The first-order chi connectivity index (χ1) is 14.0. The van der Waals surface area contributed by atoms with E-state index in [-0.39, 0.29) is 5.63 Å². The molecule has 0 bridgehead atoms. The van der Waals surface area contributed by atoms with E-state index in [4.69, 9.17) is 9.40 Å². The van der Waals surface area contributed by atoms with Crippen molar-refractivity contribution in [2.24, 2.45) is 0 Å². The molecule has 0 atom stereocenters. The Balaban J connectivity index is 1.76. The molecule has 4 nitrogen and oxygen atoms in total. The molecule has 2 heterocycles. The summed E-state index contributed by atoms with van der Waals surface area (Å²) < 4.78 is 7.64. The Kier molecular flexibility index (Phi) is 5.33. The summed E-state index contributed by atoms with van der Waals surface area (Å²) in [7, 11) is 0. The molecule has 5 heteroatoms. The molecule has 0 aliphatic heterocycles. The molecule has 0 unspecified atom stereocenters. The molecule has 2 aromatic heterocycles. The van der Waals surface area contributed by atoms with Gasteiger partial charge in [-0.05, 0) is 53.8 Å².